The number of ether oxygens (including phenoxy) is 2. The van der Waals surface area contributed by atoms with Gasteiger partial charge in [-0.25, -0.2) is 0 Å². The third-order valence-corrected chi connectivity index (χ3v) is 3.66. The van der Waals surface area contributed by atoms with Crippen molar-refractivity contribution in [1.29, 1.82) is 0 Å². The summed E-state index contributed by atoms with van der Waals surface area (Å²) in [5.41, 5.74) is 6.66. The van der Waals surface area contributed by atoms with Crippen LogP contribution in [0.3, 0.4) is 0 Å². The van der Waals surface area contributed by atoms with Crippen LogP contribution >= 0.6 is 24.0 Å². The van der Waals surface area contributed by atoms with Crippen molar-refractivity contribution in [3.05, 3.63) is 24.3 Å². The molecule has 1 aliphatic rings. The van der Waals surface area contributed by atoms with E-state index in [1.54, 1.807) is 26.1 Å². The van der Waals surface area contributed by atoms with Crippen LogP contribution in [0.25, 0.3) is 0 Å². The van der Waals surface area contributed by atoms with Crippen molar-refractivity contribution in [2.45, 2.75) is 25.0 Å². The van der Waals surface area contributed by atoms with Gasteiger partial charge in [0.2, 0.25) is 0 Å². The van der Waals surface area contributed by atoms with Gasteiger partial charge in [-0.05, 0) is 25.0 Å². The van der Waals surface area contributed by atoms with Gasteiger partial charge in [-0.2, -0.15) is 0 Å². The van der Waals surface area contributed by atoms with Gasteiger partial charge in [0.1, 0.15) is 11.9 Å². The summed E-state index contributed by atoms with van der Waals surface area (Å²) in [6.07, 6.45) is 1.07. The SMILES string of the molecule is COc1ccccc1NC(N)=NCC1CCC(C(=O)N(C)C)O1.I. The fourth-order valence-electron chi connectivity index (χ4n) is 2.44. The second-order valence-corrected chi connectivity index (χ2v) is 5.61. The molecule has 2 rings (SSSR count). The summed E-state index contributed by atoms with van der Waals surface area (Å²) in [6.45, 7) is 0.422. The number of halogens is 1. The van der Waals surface area contributed by atoms with Gasteiger partial charge in [0.05, 0.1) is 25.4 Å². The first kappa shape index (κ1) is 20.5. The standard InChI is InChI=1S/C16H24N4O3.HI/c1-20(2)15(21)14-9-8-11(23-14)10-18-16(17)19-12-6-4-5-7-13(12)22-3;/h4-7,11,14H,8-10H2,1-3H3,(H3,17,18,19);1H. The Balaban J connectivity index is 0.00000288. The van der Waals surface area contributed by atoms with Gasteiger partial charge >= 0.3 is 0 Å². The van der Waals surface area contributed by atoms with Gasteiger partial charge in [0.25, 0.3) is 5.91 Å². The van der Waals surface area contributed by atoms with E-state index in [0.717, 1.165) is 18.5 Å². The number of amides is 1. The topological polar surface area (TPSA) is 89.2 Å². The van der Waals surface area contributed by atoms with Gasteiger partial charge in [-0.15, -0.1) is 24.0 Å². The molecule has 1 amide bonds. The van der Waals surface area contributed by atoms with Crippen LogP contribution in [0.1, 0.15) is 12.8 Å². The molecule has 134 valence electrons. The molecule has 1 aromatic rings. The third-order valence-electron chi connectivity index (χ3n) is 3.66. The van der Waals surface area contributed by atoms with Crippen LogP contribution in [0.15, 0.2) is 29.3 Å². The molecule has 1 heterocycles. The molecule has 0 saturated carbocycles. The summed E-state index contributed by atoms with van der Waals surface area (Å²) >= 11 is 0. The Bertz CT molecular complexity index is 580. The lowest BCUT2D eigenvalue weighted by Crippen LogP contribution is -2.34. The van der Waals surface area contributed by atoms with Crippen molar-refractivity contribution >= 4 is 41.5 Å². The fraction of sp³-hybridized carbons (Fsp3) is 0.500. The van der Waals surface area contributed by atoms with Crippen LogP contribution in [-0.4, -0.2) is 56.7 Å². The second-order valence-electron chi connectivity index (χ2n) is 5.61. The molecule has 7 nitrogen and oxygen atoms in total. The first-order valence-electron chi connectivity index (χ1n) is 7.58. The first-order valence-corrected chi connectivity index (χ1v) is 7.58. The number of anilines is 1. The molecular formula is C16H25IN4O3. The summed E-state index contributed by atoms with van der Waals surface area (Å²) < 4.78 is 11.0. The number of para-hydroxylation sites is 2. The van der Waals surface area contributed by atoms with Gasteiger partial charge in [0.15, 0.2) is 5.96 Å². The van der Waals surface area contributed by atoms with Crippen molar-refractivity contribution in [3.8, 4) is 5.75 Å². The van der Waals surface area contributed by atoms with Crippen molar-refractivity contribution in [2.24, 2.45) is 10.7 Å². The number of nitrogens with two attached hydrogens (primary N) is 1. The maximum Gasteiger partial charge on any atom is 0.251 e. The molecule has 24 heavy (non-hydrogen) atoms. The molecule has 1 aliphatic heterocycles. The van der Waals surface area contributed by atoms with E-state index in [-0.39, 0.29) is 42.1 Å². The Labute approximate surface area is 159 Å². The van der Waals surface area contributed by atoms with Gasteiger partial charge in [-0.1, -0.05) is 12.1 Å². The lowest BCUT2D eigenvalue weighted by atomic mass is 10.2. The van der Waals surface area contributed by atoms with Gasteiger partial charge in [0, 0.05) is 14.1 Å². The number of methoxy groups -OCH3 is 1. The van der Waals surface area contributed by atoms with Crippen molar-refractivity contribution < 1.29 is 14.3 Å². The van der Waals surface area contributed by atoms with E-state index in [4.69, 9.17) is 15.2 Å². The number of hydrogen-bond donors (Lipinski definition) is 2. The van der Waals surface area contributed by atoms with E-state index in [1.165, 1.54) is 0 Å². The zero-order chi connectivity index (χ0) is 16.8. The Hall–Kier alpha value is -1.55. The number of carbonyl (C=O) groups is 1. The molecule has 0 spiro atoms. The van der Waals surface area contributed by atoms with Crippen LogP contribution in [0.2, 0.25) is 0 Å². The zero-order valence-corrected chi connectivity index (χ0v) is 16.5. The smallest absolute Gasteiger partial charge is 0.251 e. The lowest BCUT2D eigenvalue weighted by Gasteiger charge is -2.16. The maximum atomic E-state index is 11.9. The van der Waals surface area contributed by atoms with Crippen LogP contribution in [0.4, 0.5) is 5.69 Å². The molecule has 1 saturated heterocycles. The molecule has 0 aromatic heterocycles. The average molecular weight is 448 g/mol. The average Bonchev–Trinajstić information content (AvgIpc) is 3.01. The predicted octanol–water partition coefficient (Wildman–Crippen LogP) is 1.68. The highest BCUT2D eigenvalue weighted by Gasteiger charge is 2.31. The highest BCUT2D eigenvalue weighted by molar-refractivity contribution is 14.0. The van der Waals surface area contributed by atoms with E-state index in [9.17, 15) is 4.79 Å². The molecule has 1 aromatic carbocycles. The fourth-order valence-corrected chi connectivity index (χ4v) is 2.44. The number of benzene rings is 1. The summed E-state index contributed by atoms with van der Waals surface area (Å²) in [5, 5.41) is 3.01. The highest BCUT2D eigenvalue weighted by Crippen LogP contribution is 2.23. The molecule has 8 heteroatoms. The number of aliphatic imine (C=N–C) groups is 1. The Morgan fingerprint density at radius 2 is 2.12 bits per heavy atom. The number of carbonyl (C=O) groups excluding carboxylic acids is 1. The van der Waals surface area contributed by atoms with Crippen LogP contribution < -0.4 is 15.8 Å². The molecule has 1 fully saturated rings. The molecule has 0 aliphatic carbocycles. The minimum absolute atomic E-state index is 0. The number of guanidine groups is 1. The minimum atomic E-state index is -0.367. The third kappa shape index (κ3) is 5.52. The Kier molecular flexibility index (Phi) is 8.26. The van der Waals surface area contributed by atoms with Crippen LogP contribution in [-0.2, 0) is 9.53 Å². The summed E-state index contributed by atoms with van der Waals surface area (Å²) in [5.74, 6) is 0.983. The number of likely N-dealkylation sites (N-methyl/N-ethyl adjacent to an activating group) is 1. The lowest BCUT2D eigenvalue weighted by molar-refractivity contribution is -0.140. The van der Waals surface area contributed by atoms with E-state index >= 15 is 0 Å². The minimum Gasteiger partial charge on any atom is -0.495 e. The number of hydrogen-bond acceptors (Lipinski definition) is 4. The summed E-state index contributed by atoms with van der Waals surface area (Å²) in [6, 6.07) is 7.47. The second kappa shape index (κ2) is 9.67. The number of nitrogens with zero attached hydrogens (tertiary/aromatic N) is 2. The molecule has 0 radical (unpaired) electrons. The molecule has 3 N–H and O–H groups in total. The monoisotopic (exact) mass is 448 g/mol. The molecule has 2 unspecified atom stereocenters. The highest BCUT2D eigenvalue weighted by atomic mass is 127. The zero-order valence-electron chi connectivity index (χ0n) is 14.2. The number of nitrogens with one attached hydrogen (secondary N) is 1. The molecule has 2 atom stereocenters. The van der Waals surface area contributed by atoms with E-state index in [2.05, 4.69) is 10.3 Å². The summed E-state index contributed by atoms with van der Waals surface area (Å²) in [4.78, 5) is 17.7. The van der Waals surface area contributed by atoms with E-state index in [0.29, 0.717) is 18.3 Å². The summed E-state index contributed by atoms with van der Waals surface area (Å²) in [7, 11) is 5.06. The maximum absolute atomic E-state index is 11.9. The normalized spacial score (nSPS) is 20.2. The van der Waals surface area contributed by atoms with E-state index in [1.807, 2.05) is 24.3 Å². The molecular weight excluding hydrogens is 423 g/mol. The van der Waals surface area contributed by atoms with Crippen molar-refractivity contribution in [1.82, 2.24) is 4.90 Å². The van der Waals surface area contributed by atoms with E-state index < -0.39 is 0 Å². The number of rotatable bonds is 5. The Morgan fingerprint density at radius 1 is 1.42 bits per heavy atom. The van der Waals surface area contributed by atoms with Crippen molar-refractivity contribution in [3.63, 3.8) is 0 Å². The van der Waals surface area contributed by atoms with Crippen LogP contribution in [0, 0.1) is 0 Å². The molecule has 0 bridgehead atoms. The quantitative estimate of drug-likeness (QED) is 0.407. The predicted molar refractivity (Wildman–Crippen MR) is 105 cm³/mol. The Morgan fingerprint density at radius 3 is 2.79 bits per heavy atom. The van der Waals surface area contributed by atoms with Crippen molar-refractivity contribution in [2.75, 3.05) is 33.1 Å². The van der Waals surface area contributed by atoms with Gasteiger partial charge < -0.3 is 25.4 Å². The van der Waals surface area contributed by atoms with Gasteiger partial charge in [-0.3, -0.25) is 9.79 Å². The van der Waals surface area contributed by atoms with Crippen LogP contribution in [0.5, 0.6) is 5.75 Å². The first-order chi connectivity index (χ1) is 11.0. The largest absolute Gasteiger partial charge is 0.495 e.